The van der Waals surface area contributed by atoms with Crippen LogP contribution in [-0.2, 0) is 0 Å². The number of pyridine rings is 1. The molecule has 2 aromatic carbocycles. The highest BCUT2D eigenvalue weighted by Gasteiger charge is 1.99. The van der Waals surface area contributed by atoms with Crippen molar-refractivity contribution in [2.24, 2.45) is 0 Å². The molecule has 1 heterocycles. The molecule has 0 fully saturated rings. The molecule has 1 aromatic heterocycles. The molecule has 1 radical (unpaired) electrons. The van der Waals surface area contributed by atoms with E-state index in [0.717, 1.165) is 22.2 Å². The van der Waals surface area contributed by atoms with Gasteiger partial charge in [0.25, 0.3) is 0 Å². The first kappa shape index (κ1) is 9.10. The number of aromatic nitrogens is 1. The van der Waals surface area contributed by atoms with Gasteiger partial charge in [-0.2, -0.15) is 0 Å². The number of nitrogens with zero attached hydrogens (tertiary/aromatic N) is 1. The lowest BCUT2D eigenvalue weighted by atomic mass is 10.1. The van der Waals surface area contributed by atoms with Crippen LogP contribution in [0.4, 0.5) is 0 Å². The Morgan fingerprint density at radius 3 is 2.56 bits per heavy atom. The van der Waals surface area contributed by atoms with E-state index < -0.39 is 0 Å². The summed E-state index contributed by atoms with van der Waals surface area (Å²) >= 11 is 0. The van der Waals surface area contributed by atoms with Crippen molar-refractivity contribution in [2.45, 2.75) is 0 Å². The SMILES string of the molecule is [c]1cccc2ccc(-c3ccccc3)nc12. The highest BCUT2D eigenvalue weighted by Crippen LogP contribution is 2.19. The molecule has 3 rings (SSSR count). The molecule has 0 saturated carbocycles. The van der Waals surface area contributed by atoms with E-state index in [2.05, 4.69) is 29.2 Å². The van der Waals surface area contributed by atoms with Crippen LogP contribution in [-0.4, -0.2) is 4.98 Å². The number of para-hydroxylation sites is 1. The molecule has 0 aliphatic heterocycles. The second-order valence-electron chi connectivity index (χ2n) is 3.67. The van der Waals surface area contributed by atoms with Crippen LogP contribution in [0, 0.1) is 6.07 Å². The van der Waals surface area contributed by atoms with E-state index in [1.165, 1.54) is 0 Å². The summed E-state index contributed by atoms with van der Waals surface area (Å²) in [5.41, 5.74) is 3.06. The molecule has 0 amide bonds. The summed E-state index contributed by atoms with van der Waals surface area (Å²) in [5, 5.41) is 1.13. The minimum atomic E-state index is 0.920. The third kappa shape index (κ3) is 1.57. The van der Waals surface area contributed by atoms with Gasteiger partial charge in [0.05, 0.1) is 11.2 Å². The standard InChI is InChI=1S/C15H10N/c1-2-6-12(7-3-1)15-11-10-13-8-4-5-9-14(13)16-15/h1-8,10-11H. The second kappa shape index (κ2) is 3.78. The zero-order chi connectivity index (χ0) is 10.8. The quantitative estimate of drug-likeness (QED) is 0.589. The van der Waals surface area contributed by atoms with Gasteiger partial charge in [0, 0.05) is 17.0 Å². The van der Waals surface area contributed by atoms with Crippen LogP contribution in [0.25, 0.3) is 22.2 Å². The molecular formula is C15H10N. The minimum absolute atomic E-state index is 0.920. The van der Waals surface area contributed by atoms with Crippen LogP contribution in [0.5, 0.6) is 0 Å². The van der Waals surface area contributed by atoms with Gasteiger partial charge in [0.1, 0.15) is 0 Å². The molecule has 0 saturated heterocycles. The molecule has 1 heteroatoms. The number of fused-ring (bicyclic) bond motifs is 1. The molecule has 0 unspecified atom stereocenters. The van der Waals surface area contributed by atoms with Crippen LogP contribution >= 0.6 is 0 Å². The first-order chi connectivity index (χ1) is 7.93. The Bertz CT molecular complexity index is 614. The largest absolute Gasteiger partial charge is 0.247 e. The Morgan fingerprint density at radius 2 is 1.69 bits per heavy atom. The van der Waals surface area contributed by atoms with Gasteiger partial charge in [-0.05, 0) is 6.07 Å². The number of rotatable bonds is 1. The maximum atomic E-state index is 4.59. The van der Waals surface area contributed by atoms with Crippen molar-refractivity contribution < 1.29 is 0 Å². The van der Waals surface area contributed by atoms with Gasteiger partial charge >= 0.3 is 0 Å². The Hall–Kier alpha value is -2.15. The van der Waals surface area contributed by atoms with Crippen molar-refractivity contribution in [1.82, 2.24) is 4.98 Å². The third-order valence-electron chi connectivity index (χ3n) is 2.59. The second-order valence-corrected chi connectivity index (χ2v) is 3.67. The molecule has 3 aromatic rings. The van der Waals surface area contributed by atoms with Crippen molar-refractivity contribution in [1.29, 1.82) is 0 Å². The molecule has 0 bridgehead atoms. The first-order valence-corrected chi connectivity index (χ1v) is 5.26. The van der Waals surface area contributed by atoms with Crippen molar-refractivity contribution in [3.05, 3.63) is 66.7 Å². The van der Waals surface area contributed by atoms with Crippen LogP contribution in [0.1, 0.15) is 0 Å². The van der Waals surface area contributed by atoms with Crippen LogP contribution in [0.3, 0.4) is 0 Å². The highest BCUT2D eigenvalue weighted by molar-refractivity contribution is 5.80. The number of hydrogen-bond acceptors (Lipinski definition) is 1. The number of hydrogen-bond donors (Lipinski definition) is 0. The maximum Gasteiger partial charge on any atom is 0.0788 e. The third-order valence-corrected chi connectivity index (χ3v) is 2.59. The van der Waals surface area contributed by atoms with E-state index in [-0.39, 0.29) is 0 Å². The smallest absolute Gasteiger partial charge is 0.0788 e. The van der Waals surface area contributed by atoms with Crippen molar-refractivity contribution >= 4 is 10.9 Å². The summed E-state index contributed by atoms with van der Waals surface area (Å²) in [6.07, 6.45) is 0. The summed E-state index contributed by atoms with van der Waals surface area (Å²) in [6, 6.07) is 23.4. The topological polar surface area (TPSA) is 12.9 Å². The molecule has 0 aliphatic carbocycles. The monoisotopic (exact) mass is 204 g/mol. The molecule has 0 N–H and O–H groups in total. The molecule has 0 atom stereocenters. The van der Waals surface area contributed by atoms with Crippen LogP contribution in [0.2, 0.25) is 0 Å². The molecule has 75 valence electrons. The van der Waals surface area contributed by atoms with Gasteiger partial charge in [-0.25, -0.2) is 4.98 Å². The van der Waals surface area contributed by atoms with Crippen molar-refractivity contribution in [3.8, 4) is 11.3 Å². The van der Waals surface area contributed by atoms with Crippen LogP contribution in [0.15, 0.2) is 60.7 Å². The average Bonchev–Trinajstić information content (AvgIpc) is 2.39. The van der Waals surface area contributed by atoms with Gasteiger partial charge in [-0.15, -0.1) is 0 Å². The summed E-state index contributed by atoms with van der Waals surface area (Å²) in [5.74, 6) is 0. The average molecular weight is 204 g/mol. The van der Waals surface area contributed by atoms with Gasteiger partial charge < -0.3 is 0 Å². The summed E-state index contributed by atoms with van der Waals surface area (Å²) in [7, 11) is 0. The van der Waals surface area contributed by atoms with Gasteiger partial charge in [-0.3, -0.25) is 0 Å². The minimum Gasteiger partial charge on any atom is -0.247 e. The number of benzene rings is 2. The van der Waals surface area contributed by atoms with Gasteiger partial charge in [-0.1, -0.05) is 54.6 Å². The highest BCUT2D eigenvalue weighted by atomic mass is 14.7. The fourth-order valence-corrected chi connectivity index (χ4v) is 1.77. The molecule has 1 nitrogen and oxygen atoms in total. The van der Waals surface area contributed by atoms with E-state index in [0.29, 0.717) is 0 Å². The molecule has 0 aliphatic rings. The zero-order valence-electron chi connectivity index (χ0n) is 8.72. The lowest BCUT2D eigenvalue weighted by Gasteiger charge is -2.02. The molecule has 0 spiro atoms. The Balaban J connectivity index is 2.19. The molecular weight excluding hydrogens is 194 g/mol. The van der Waals surface area contributed by atoms with E-state index in [9.17, 15) is 0 Å². The Morgan fingerprint density at radius 1 is 0.812 bits per heavy atom. The predicted octanol–water partition coefficient (Wildman–Crippen LogP) is 3.70. The predicted molar refractivity (Wildman–Crippen MR) is 66.0 cm³/mol. The van der Waals surface area contributed by atoms with Crippen LogP contribution < -0.4 is 0 Å². The first-order valence-electron chi connectivity index (χ1n) is 5.26. The van der Waals surface area contributed by atoms with Crippen molar-refractivity contribution in [3.63, 3.8) is 0 Å². The van der Waals surface area contributed by atoms with E-state index in [1.807, 2.05) is 42.5 Å². The summed E-state index contributed by atoms with van der Waals surface area (Å²) in [6.45, 7) is 0. The van der Waals surface area contributed by atoms with Gasteiger partial charge in [0.15, 0.2) is 0 Å². The summed E-state index contributed by atoms with van der Waals surface area (Å²) in [4.78, 5) is 4.59. The van der Waals surface area contributed by atoms with E-state index >= 15 is 0 Å². The lowest BCUT2D eigenvalue weighted by molar-refractivity contribution is 1.40. The normalized spacial score (nSPS) is 10.5. The fourth-order valence-electron chi connectivity index (χ4n) is 1.77. The fraction of sp³-hybridized carbons (Fsp3) is 0. The zero-order valence-corrected chi connectivity index (χ0v) is 8.72. The lowest BCUT2D eigenvalue weighted by Crippen LogP contribution is -1.84. The Labute approximate surface area is 94.4 Å². The van der Waals surface area contributed by atoms with Crippen molar-refractivity contribution in [2.75, 3.05) is 0 Å². The van der Waals surface area contributed by atoms with E-state index in [1.54, 1.807) is 0 Å². The Kier molecular flexibility index (Phi) is 2.15. The molecule has 16 heavy (non-hydrogen) atoms. The van der Waals surface area contributed by atoms with E-state index in [4.69, 9.17) is 0 Å². The summed E-state index contributed by atoms with van der Waals surface area (Å²) < 4.78 is 0. The van der Waals surface area contributed by atoms with Gasteiger partial charge in [0.2, 0.25) is 0 Å². The maximum absolute atomic E-state index is 4.59.